The van der Waals surface area contributed by atoms with E-state index in [0.717, 1.165) is 44.9 Å². The van der Waals surface area contributed by atoms with E-state index >= 15 is 0 Å². The molecule has 0 aliphatic heterocycles. The fourth-order valence-corrected chi connectivity index (χ4v) is 3.61. The van der Waals surface area contributed by atoms with Crippen molar-refractivity contribution in [2.75, 3.05) is 6.61 Å². The molecule has 0 aromatic carbocycles. The zero-order valence-electron chi connectivity index (χ0n) is 13.9. The molecule has 0 aromatic heterocycles. The van der Waals surface area contributed by atoms with Crippen LogP contribution in [0.15, 0.2) is 4.99 Å². The smallest absolute Gasteiger partial charge is 0.329 e. The molecule has 2 saturated carbocycles. The number of carbonyl (C=O) groups is 2. The Morgan fingerprint density at radius 1 is 1.12 bits per heavy atom. The van der Waals surface area contributed by atoms with Crippen molar-refractivity contribution in [2.24, 2.45) is 22.4 Å². The molecule has 0 bridgehead atoms. The van der Waals surface area contributed by atoms with Crippen LogP contribution in [-0.2, 0) is 14.3 Å². The summed E-state index contributed by atoms with van der Waals surface area (Å²) in [6.45, 7) is -0.254. The summed E-state index contributed by atoms with van der Waals surface area (Å²) in [5.41, 5.74) is 10.9. The van der Waals surface area contributed by atoms with Gasteiger partial charge in [0.25, 0.3) is 0 Å². The van der Waals surface area contributed by atoms with Crippen LogP contribution in [0, 0.1) is 5.92 Å². The van der Waals surface area contributed by atoms with Crippen LogP contribution in [-0.4, -0.2) is 47.7 Å². The van der Waals surface area contributed by atoms with E-state index in [-0.39, 0.29) is 42.6 Å². The van der Waals surface area contributed by atoms with Crippen molar-refractivity contribution in [1.82, 2.24) is 5.32 Å². The molecule has 2 unspecified atom stereocenters. The number of aliphatic carboxylic acids is 1. The van der Waals surface area contributed by atoms with Crippen molar-refractivity contribution in [1.29, 1.82) is 0 Å². The summed E-state index contributed by atoms with van der Waals surface area (Å²) in [6.07, 6.45) is 6.62. The van der Waals surface area contributed by atoms with Crippen molar-refractivity contribution < 1.29 is 19.4 Å². The number of nitrogens with one attached hydrogen (secondary N) is 1. The SMILES string of the molecule is NC(N)=NC1CCCC(C(=O)NC2CCC(OCC(=O)O)CC2)C1. The van der Waals surface area contributed by atoms with Gasteiger partial charge in [-0.1, -0.05) is 6.42 Å². The maximum Gasteiger partial charge on any atom is 0.329 e. The summed E-state index contributed by atoms with van der Waals surface area (Å²) < 4.78 is 5.31. The molecule has 2 rings (SSSR count). The lowest BCUT2D eigenvalue weighted by molar-refractivity contribution is -0.145. The highest BCUT2D eigenvalue weighted by Crippen LogP contribution is 2.28. The van der Waals surface area contributed by atoms with Gasteiger partial charge in [0.2, 0.25) is 5.91 Å². The summed E-state index contributed by atoms with van der Waals surface area (Å²) >= 11 is 0. The van der Waals surface area contributed by atoms with Crippen molar-refractivity contribution in [3.63, 3.8) is 0 Å². The molecule has 2 aliphatic rings. The number of carbonyl (C=O) groups excluding carboxylic acids is 1. The Kier molecular flexibility index (Phi) is 6.84. The number of hydrogen-bond donors (Lipinski definition) is 4. The minimum absolute atomic E-state index is 0.0184. The Bertz CT molecular complexity index is 471. The topological polar surface area (TPSA) is 140 Å². The number of aliphatic imine (C=N–C) groups is 1. The molecule has 0 heterocycles. The summed E-state index contributed by atoms with van der Waals surface area (Å²) in [5, 5.41) is 11.8. The van der Waals surface area contributed by atoms with Gasteiger partial charge in [0.1, 0.15) is 6.61 Å². The number of rotatable bonds is 6. The van der Waals surface area contributed by atoms with Gasteiger partial charge in [-0.3, -0.25) is 9.79 Å². The van der Waals surface area contributed by atoms with Gasteiger partial charge in [-0.05, 0) is 44.9 Å². The zero-order valence-corrected chi connectivity index (χ0v) is 13.9. The van der Waals surface area contributed by atoms with Crippen LogP contribution in [0.1, 0.15) is 51.4 Å². The second-order valence-corrected chi connectivity index (χ2v) is 6.76. The monoisotopic (exact) mass is 340 g/mol. The molecule has 136 valence electrons. The van der Waals surface area contributed by atoms with E-state index in [1.807, 2.05) is 0 Å². The molecule has 6 N–H and O–H groups in total. The number of ether oxygens (including phenoxy) is 1. The summed E-state index contributed by atoms with van der Waals surface area (Å²) in [4.78, 5) is 27.2. The zero-order chi connectivity index (χ0) is 17.5. The number of nitrogens with zero attached hydrogens (tertiary/aromatic N) is 1. The largest absolute Gasteiger partial charge is 0.480 e. The highest BCUT2D eigenvalue weighted by Gasteiger charge is 2.30. The molecule has 0 saturated heterocycles. The van der Waals surface area contributed by atoms with Gasteiger partial charge in [-0.25, -0.2) is 4.79 Å². The minimum Gasteiger partial charge on any atom is -0.480 e. The minimum atomic E-state index is -0.946. The predicted molar refractivity (Wildman–Crippen MR) is 89.3 cm³/mol. The fourth-order valence-electron chi connectivity index (χ4n) is 3.61. The van der Waals surface area contributed by atoms with Crippen LogP contribution in [0.3, 0.4) is 0 Å². The average Bonchev–Trinajstić information content (AvgIpc) is 2.53. The lowest BCUT2D eigenvalue weighted by atomic mass is 9.84. The van der Waals surface area contributed by atoms with Crippen LogP contribution >= 0.6 is 0 Å². The van der Waals surface area contributed by atoms with E-state index in [9.17, 15) is 9.59 Å². The second-order valence-electron chi connectivity index (χ2n) is 6.76. The Balaban J connectivity index is 1.73. The number of nitrogens with two attached hydrogens (primary N) is 2. The van der Waals surface area contributed by atoms with Crippen molar-refractivity contribution in [3.8, 4) is 0 Å². The van der Waals surface area contributed by atoms with Gasteiger partial charge in [-0.2, -0.15) is 0 Å². The van der Waals surface area contributed by atoms with Gasteiger partial charge in [0.05, 0.1) is 12.1 Å². The molecule has 8 heteroatoms. The normalized spacial score (nSPS) is 30.3. The van der Waals surface area contributed by atoms with E-state index in [2.05, 4.69) is 10.3 Å². The average molecular weight is 340 g/mol. The van der Waals surface area contributed by atoms with Crippen LogP contribution in [0.4, 0.5) is 0 Å². The Labute approximate surface area is 142 Å². The Morgan fingerprint density at radius 3 is 2.46 bits per heavy atom. The number of hydrogen-bond acceptors (Lipinski definition) is 4. The van der Waals surface area contributed by atoms with Crippen molar-refractivity contribution in [3.05, 3.63) is 0 Å². The van der Waals surface area contributed by atoms with Crippen LogP contribution in [0.2, 0.25) is 0 Å². The van der Waals surface area contributed by atoms with Crippen LogP contribution < -0.4 is 16.8 Å². The molecule has 1 amide bonds. The summed E-state index contributed by atoms with van der Waals surface area (Å²) in [5.74, 6) is -0.813. The molecule has 0 radical (unpaired) electrons. The van der Waals surface area contributed by atoms with Gasteiger partial charge >= 0.3 is 5.97 Å². The van der Waals surface area contributed by atoms with Crippen molar-refractivity contribution in [2.45, 2.75) is 69.6 Å². The third-order valence-electron chi connectivity index (χ3n) is 4.81. The highest BCUT2D eigenvalue weighted by atomic mass is 16.5. The third-order valence-corrected chi connectivity index (χ3v) is 4.81. The van der Waals surface area contributed by atoms with E-state index in [4.69, 9.17) is 21.3 Å². The van der Waals surface area contributed by atoms with Crippen LogP contribution in [0.5, 0.6) is 0 Å². The lowest BCUT2D eigenvalue weighted by Crippen LogP contribution is -2.43. The summed E-state index contributed by atoms with van der Waals surface area (Å²) in [7, 11) is 0. The van der Waals surface area contributed by atoms with Gasteiger partial charge < -0.3 is 26.6 Å². The van der Waals surface area contributed by atoms with Crippen LogP contribution in [0.25, 0.3) is 0 Å². The third kappa shape index (κ3) is 5.99. The first kappa shape index (κ1) is 18.5. The van der Waals surface area contributed by atoms with Gasteiger partial charge in [-0.15, -0.1) is 0 Å². The maximum atomic E-state index is 12.5. The van der Waals surface area contributed by atoms with E-state index in [0.29, 0.717) is 6.42 Å². The quantitative estimate of drug-likeness (QED) is 0.406. The first-order valence-electron chi connectivity index (χ1n) is 8.66. The standard InChI is InChI=1S/C16H28N4O4/c17-16(18)20-12-3-1-2-10(8-12)15(23)19-11-4-6-13(7-5-11)24-9-14(21)22/h10-13H,1-9H2,(H,19,23)(H,21,22)(H4,17,18,20). The molecule has 2 atom stereocenters. The van der Waals surface area contributed by atoms with Gasteiger partial charge in [0, 0.05) is 12.0 Å². The molecular weight excluding hydrogens is 312 g/mol. The fraction of sp³-hybridized carbons (Fsp3) is 0.812. The molecular formula is C16H28N4O4. The number of carboxylic acids is 1. The molecule has 2 aliphatic carbocycles. The van der Waals surface area contributed by atoms with E-state index < -0.39 is 5.97 Å². The molecule has 0 aromatic rings. The Morgan fingerprint density at radius 2 is 1.83 bits per heavy atom. The Hall–Kier alpha value is -1.83. The molecule has 24 heavy (non-hydrogen) atoms. The lowest BCUT2D eigenvalue weighted by Gasteiger charge is -2.31. The predicted octanol–water partition coefficient (Wildman–Crippen LogP) is 0.347. The number of carboxylic acid groups (broad SMARTS) is 1. The molecule has 0 spiro atoms. The number of guanidine groups is 1. The number of amides is 1. The second kappa shape index (κ2) is 8.86. The first-order chi connectivity index (χ1) is 11.4. The first-order valence-corrected chi connectivity index (χ1v) is 8.66. The van der Waals surface area contributed by atoms with E-state index in [1.165, 1.54) is 0 Å². The maximum absolute atomic E-state index is 12.5. The summed E-state index contributed by atoms with van der Waals surface area (Å²) in [6, 6.07) is 0.185. The highest BCUT2D eigenvalue weighted by molar-refractivity contribution is 5.79. The van der Waals surface area contributed by atoms with Crippen molar-refractivity contribution >= 4 is 17.8 Å². The van der Waals surface area contributed by atoms with Gasteiger partial charge in [0.15, 0.2) is 5.96 Å². The molecule has 8 nitrogen and oxygen atoms in total. The molecule has 2 fully saturated rings. The van der Waals surface area contributed by atoms with E-state index in [1.54, 1.807) is 0 Å².